The van der Waals surface area contributed by atoms with E-state index in [4.69, 9.17) is 0 Å². The Balaban J connectivity index is 1.83. The molecule has 2 aromatic rings. The molecule has 2 N–H and O–H groups in total. The Kier molecular flexibility index (Phi) is 5.42. The smallest absolute Gasteiger partial charge is 0.269 e. The van der Waals surface area contributed by atoms with Crippen molar-refractivity contribution in [2.24, 2.45) is 0 Å². The SMILES string of the molecule is CC1=C(C(=O)Nc2ccccc2C)[C@H](c2cccc([N+](=O)[O-])c2)C2=C(CCCC2=O)N1. The molecule has 0 fully saturated rings. The number of carbonyl (C=O) groups is 2. The second-order valence-electron chi connectivity index (χ2n) is 7.89. The number of nitro groups is 1. The van der Waals surface area contributed by atoms with Crippen molar-refractivity contribution in [3.05, 3.63) is 92.3 Å². The maximum Gasteiger partial charge on any atom is 0.269 e. The summed E-state index contributed by atoms with van der Waals surface area (Å²) in [7, 11) is 0. The molecule has 0 bridgehead atoms. The lowest BCUT2D eigenvalue weighted by molar-refractivity contribution is -0.384. The maximum atomic E-state index is 13.4. The van der Waals surface area contributed by atoms with Crippen molar-refractivity contribution in [3.63, 3.8) is 0 Å². The van der Waals surface area contributed by atoms with Gasteiger partial charge in [-0.2, -0.15) is 0 Å². The minimum atomic E-state index is -0.659. The Bertz CT molecular complexity index is 1160. The van der Waals surface area contributed by atoms with Crippen LogP contribution >= 0.6 is 0 Å². The van der Waals surface area contributed by atoms with Gasteiger partial charge in [-0.15, -0.1) is 0 Å². The molecule has 0 saturated carbocycles. The van der Waals surface area contributed by atoms with Gasteiger partial charge in [0.1, 0.15) is 0 Å². The molecule has 1 aliphatic heterocycles. The van der Waals surface area contributed by atoms with Crippen molar-refractivity contribution in [2.75, 3.05) is 5.32 Å². The van der Waals surface area contributed by atoms with Crippen LogP contribution in [0.1, 0.15) is 43.2 Å². The largest absolute Gasteiger partial charge is 0.362 e. The van der Waals surface area contributed by atoms with Crippen LogP contribution in [0.15, 0.2) is 71.1 Å². The molecule has 4 rings (SSSR count). The second-order valence-corrected chi connectivity index (χ2v) is 7.89. The van der Waals surface area contributed by atoms with Gasteiger partial charge in [0, 0.05) is 52.7 Å². The fourth-order valence-corrected chi connectivity index (χ4v) is 4.34. The molecule has 1 aliphatic carbocycles. The van der Waals surface area contributed by atoms with Crippen molar-refractivity contribution >= 4 is 23.1 Å². The van der Waals surface area contributed by atoms with E-state index < -0.39 is 10.8 Å². The summed E-state index contributed by atoms with van der Waals surface area (Å²) in [6.45, 7) is 3.71. The van der Waals surface area contributed by atoms with Crippen LogP contribution in [0.4, 0.5) is 11.4 Å². The first-order valence-electron chi connectivity index (χ1n) is 10.2. The number of nitrogens with one attached hydrogen (secondary N) is 2. The summed E-state index contributed by atoms with van der Waals surface area (Å²) in [6, 6.07) is 13.6. The molecule has 31 heavy (non-hydrogen) atoms. The third kappa shape index (κ3) is 3.86. The molecule has 7 heteroatoms. The monoisotopic (exact) mass is 417 g/mol. The number of nitrogens with zero attached hydrogens (tertiary/aromatic N) is 1. The number of allylic oxidation sites excluding steroid dienone is 3. The van der Waals surface area contributed by atoms with E-state index in [0.29, 0.717) is 40.9 Å². The molecular formula is C24H23N3O4. The Morgan fingerprint density at radius 2 is 1.90 bits per heavy atom. The van der Waals surface area contributed by atoms with Crippen molar-refractivity contribution in [2.45, 2.75) is 39.0 Å². The first kappa shape index (κ1) is 20.5. The van der Waals surface area contributed by atoms with Crippen LogP contribution in [-0.2, 0) is 9.59 Å². The molecule has 158 valence electrons. The van der Waals surface area contributed by atoms with Crippen LogP contribution < -0.4 is 10.6 Å². The first-order chi connectivity index (χ1) is 14.9. The number of carbonyl (C=O) groups excluding carboxylic acids is 2. The number of amides is 1. The van der Waals surface area contributed by atoms with Crippen LogP contribution in [0.2, 0.25) is 0 Å². The Morgan fingerprint density at radius 1 is 1.13 bits per heavy atom. The molecule has 2 aliphatic rings. The third-order valence-electron chi connectivity index (χ3n) is 5.83. The third-order valence-corrected chi connectivity index (χ3v) is 5.83. The molecule has 0 unspecified atom stereocenters. The number of ketones is 1. The van der Waals surface area contributed by atoms with Crippen molar-refractivity contribution in [1.29, 1.82) is 0 Å². The number of benzene rings is 2. The lowest BCUT2D eigenvalue weighted by atomic mass is 9.75. The zero-order valence-corrected chi connectivity index (χ0v) is 17.4. The van der Waals surface area contributed by atoms with Crippen LogP contribution in [-0.4, -0.2) is 16.6 Å². The van der Waals surface area contributed by atoms with Gasteiger partial charge in [-0.1, -0.05) is 30.3 Å². The molecule has 1 atom stereocenters. The first-order valence-corrected chi connectivity index (χ1v) is 10.2. The minimum absolute atomic E-state index is 0.0288. The Hall–Kier alpha value is -3.74. The number of anilines is 1. The molecule has 1 heterocycles. The van der Waals surface area contributed by atoms with Crippen molar-refractivity contribution in [1.82, 2.24) is 5.32 Å². The topological polar surface area (TPSA) is 101 Å². The Labute approximate surface area is 180 Å². The van der Waals surface area contributed by atoms with Crippen LogP contribution in [0.3, 0.4) is 0 Å². The van der Waals surface area contributed by atoms with Gasteiger partial charge in [-0.25, -0.2) is 0 Å². The predicted octanol–water partition coefficient (Wildman–Crippen LogP) is 4.51. The standard InChI is InChI=1S/C24H23N3O4/c1-14-7-3-4-10-18(14)26-24(29)21-15(2)25-19-11-6-12-20(28)23(19)22(21)16-8-5-9-17(13-16)27(30)31/h3-5,7-10,13,22,25H,6,11-12H2,1-2H3,(H,26,29)/t22-/m0/s1. The molecule has 1 amide bonds. The average molecular weight is 417 g/mol. The summed E-state index contributed by atoms with van der Waals surface area (Å²) in [6.07, 6.45) is 1.85. The minimum Gasteiger partial charge on any atom is -0.362 e. The van der Waals surface area contributed by atoms with Gasteiger partial charge in [-0.05, 0) is 43.9 Å². The number of hydrogen-bond acceptors (Lipinski definition) is 5. The summed E-state index contributed by atoms with van der Waals surface area (Å²) in [5, 5.41) is 17.6. The van der Waals surface area contributed by atoms with Gasteiger partial charge in [-0.3, -0.25) is 19.7 Å². The fraction of sp³-hybridized carbons (Fsp3) is 0.250. The number of nitro benzene ring substituents is 1. The number of hydrogen-bond donors (Lipinski definition) is 2. The highest BCUT2D eigenvalue weighted by molar-refractivity contribution is 6.10. The lowest BCUT2D eigenvalue weighted by Crippen LogP contribution is -2.35. The number of Topliss-reactive ketones (excluding diaryl/α,β-unsaturated/α-hetero) is 1. The van der Waals surface area contributed by atoms with Gasteiger partial charge < -0.3 is 10.6 Å². The highest BCUT2D eigenvalue weighted by Gasteiger charge is 2.38. The summed E-state index contributed by atoms with van der Waals surface area (Å²) in [4.78, 5) is 37.3. The number of para-hydroxylation sites is 1. The van der Waals surface area contributed by atoms with Gasteiger partial charge in [0.05, 0.1) is 4.92 Å². The molecule has 0 saturated heterocycles. The van der Waals surface area contributed by atoms with Gasteiger partial charge in [0.15, 0.2) is 5.78 Å². The predicted molar refractivity (Wildman–Crippen MR) is 117 cm³/mol. The van der Waals surface area contributed by atoms with E-state index in [0.717, 1.165) is 17.7 Å². The summed E-state index contributed by atoms with van der Waals surface area (Å²) in [5.74, 6) is -1.02. The van der Waals surface area contributed by atoms with Crippen molar-refractivity contribution < 1.29 is 14.5 Å². The number of aryl methyl sites for hydroxylation is 1. The highest BCUT2D eigenvalue weighted by atomic mass is 16.6. The molecule has 7 nitrogen and oxygen atoms in total. The molecular weight excluding hydrogens is 394 g/mol. The maximum absolute atomic E-state index is 13.4. The van der Waals surface area contributed by atoms with E-state index in [9.17, 15) is 19.7 Å². The molecule has 0 spiro atoms. The van der Waals surface area contributed by atoms with Crippen LogP contribution in [0.25, 0.3) is 0 Å². The van der Waals surface area contributed by atoms with Gasteiger partial charge in [0.25, 0.3) is 11.6 Å². The van der Waals surface area contributed by atoms with Crippen LogP contribution in [0, 0.1) is 17.0 Å². The van der Waals surface area contributed by atoms with E-state index >= 15 is 0 Å². The quantitative estimate of drug-likeness (QED) is 0.563. The van der Waals surface area contributed by atoms with Gasteiger partial charge >= 0.3 is 0 Å². The molecule has 0 radical (unpaired) electrons. The van der Waals surface area contributed by atoms with Crippen LogP contribution in [0.5, 0.6) is 0 Å². The van der Waals surface area contributed by atoms with Crippen molar-refractivity contribution in [3.8, 4) is 0 Å². The summed E-state index contributed by atoms with van der Waals surface area (Å²) in [5.41, 5.74) is 4.48. The summed E-state index contributed by atoms with van der Waals surface area (Å²) < 4.78 is 0. The number of rotatable bonds is 4. The molecule has 0 aromatic heterocycles. The summed E-state index contributed by atoms with van der Waals surface area (Å²) >= 11 is 0. The second kappa shape index (κ2) is 8.18. The Morgan fingerprint density at radius 3 is 2.65 bits per heavy atom. The van der Waals surface area contributed by atoms with E-state index in [-0.39, 0.29) is 17.4 Å². The lowest BCUT2D eigenvalue weighted by Gasteiger charge is -2.34. The van der Waals surface area contributed by atoms with E-state index in [1.807, 2.05) is 31.2 Å². The molecule has 2 aromatic carbocycles. The normalized spacial score (nSPS) is 18.4. The number of dihydropyridines is 1. The fourth-order valence-electron chi connectivity index (χ4n) is 4.34. The van der Waals surface area contributed by atoms with Gasteiger partial charge in [0.2, 0.25) is 0 Å². The zero-order valence-electron chi connectivity index (χ0n) is 17.4. The zero-order chi connectivity index (χ0) is 22.1. The average Bonchev–Trinajstić information content (AvgIpc) is 2.74. The number of non-ortho nitro benzene ring substituents is 1. The van der Waals surface area contributed by atoms with E-state index in [1.165, 1.54) is 12.1 Å². The van der Waals surface area contributed by atoms with E-state index in [1.54, 1.807) is 19.1 Å². The highest BCUT2D eigenvalue weighted by Crippen LogP contribution is 2.43. The van der Waals surface area contributed by atoms with E-state index in [2.05, 4.69) is 10.6 Å².